The first kappa shape index (κ1) is 12.5. The van der Waals surface area contributed by atoms with Gasteiger partial charge in [0, 0.05) is 5.69 Å². The van der Waals surface area contributed by atoms with Gasteiger partial charge in [-0.2, -0.15) is 0 Å². The van der Waals surface area contributed by atoms with Crippen LogP contribution >= 0.6 is 15.9 Å². The van der Waals surface area contributed by atoms with Gasteiger partial charge in [0.25, 0.3) is 5.91 Å². The molecule has 0 radical (unpaired) electrons. The van der Waals surface area contributed by atoms with Gasteiger partial charge in [-0.15, -0.1) is 0 Å². The maximum atomic E-state index is 13.0. The lowest BCUT2D eigenvalue weighted by Crippen LogP contribution is -2.27. The summed E-state index contributed by atoms with van der Waals surface area (Å²) >= 11 is 3.07. The van der Waals surface area contributed by atoms with Gasteiger partial charge in [-0.05, 0) is 53.9 Å². The quantitative estimate of drug-likeness (QED) is 0.911. The van der Waals surface area contributed by atoms with Crippen LogP contribution in [0.4, 0.5) is 10.1 Å². The lowest BCUT2D eigenvalue weighted by Gasteiger charge is -2.12. The summed E-state index contributed by atoms with van der Waals surface area (Å²) in [5.74, 6) is -0.526. The summed E-state index contributed by atoms with van der Waals surface area (Å²) in [7, 11) is 0. The number of rotatable bonds is 2. The summed E-state index contributed by atoms with van der Waals surface area (Å²) in [5.41, 5.74) is 0.562. The number of amides is 1. The second-order valence-electron chi connectivity index (χ2n) is 4.13. The number of carbonyl (C=O) groups is 1. The third kappa shape index (κ3) is 3.04. The summed E-state index contributed by atoms with van der Waals surface area (Å²) in [4.78, 5) is 11.8. The third-order valence-corrected chi connectivity index (χ3v) is 3.32. The van der Waals surface area contributed by atoms with Gasteiger partial charge in [-0.1, -0.05) is 0 Å². The molecule has 0 aliphatic carbocycles. The van der Waals surface area contributed by atoms with E-state index in [2.05, 4.69) is 21.2 Å². The Morgan fingerprint density at radius 3 is 2.88 bits per heavy atom. The molecular formula is C12H13BrFNO2. The van der Waals surface area contributed by atoms with Gasteiger partial charge in [0.1, 0.15) is 11.9 Å². The van der Waals surface area contributed by atoms with Crippen molar-refractivity contribution in [1.29, 1.82) is 0 Å². The Morgan fingerprint density at radius 2 is 2.29 bits per heavy atom. The SMILES string of the molecule is CC1CCC(C(=O)Nc2ccc(F)c(Br)c2)O1. The Balaban J connectivity index is 2.00. The van der Waals surface area contributed by atoms with Crippen molar-refractivity contribution in [2.45, 2.75) is 32.0 Å². The van der Waals surface area contributed by atoms with Crippen LogP contribution in [-0.4, -0.2) is 18.1 Å². The first-order chi connectivity index (χ1) is 8.06. The van der Waals surface area contributed by atoms with E-state index in [0.717, 1.165) is 12.8 Å². The topological polar surface area (TPSA) is 38.3 Å². The van der Waals surface area contributed by atoms with Crippen molar-refractivity contribution in [3.63, 3.8) is 0 Å². The zero-order valence-corrected chi connectivity index (χ0v) is 11.0. The van der Waals surface area contributed by atoms with Crippen molar-refractivity contribution in [1.82, 2.24) is 0 Å². The van der Waals surface area contributed by atoms with Gasteiger partial charge in [-0.25, -0.2) is 4.39 Å². The predicted molar refractivity (Wildman–Crippen MR) is 66.3 cm³/mol. The molecule has 3 nitrogen and oxygen atoms in total. The first-order valence-electron chi connectivity index (χ1n) is 5.47. The summed E-state index contributed by atoms with van der Waals surface area (Å²) in [5, 5.41) is 2.71. The van der Waals surface area contributed by atoms with E-state index in [0.29, 0.717) is 10.2 Å². The molecule has 1 amide bonds. The van der Waals surface area contributed by atoms with Gasteiger partial charge >= 0.3 is 0 Å². The minimum Gasteiger partial charge on any atom is -0.365 e. The molecule has 0 saturated carbocycles. The lowest BCUT2D eigenvalue weighted by molar-refractivity contribution is -0.126. The maximum Gasteiger partial charge on any atom is 0.253 e. The van der Waals surface area contributed by atoms with Crippen LogP contribution in [0.1, 0.15) is 19.8 Å². The number of hydrogen-bond acceptors (Lipinski definition) is 2. The molecule has 2 atom stereocenters. The van der Waals surface area contributed by atoms with E-state index in [-0.39, 0.29) is 17.8 Å². The van der Waals surface area contributed by atoms with Crippen LogP contribution in [-0.2, 0) is 9.53 Å². The summed E-state index contributed by atoms with van der Waals surface area (Å²) in [6.07, 6.45) is 1.36. The molecule has 2 rings (SSSR count). The standard InChI is InChI=1S/C12H13BrFNO2/c1-7-2-5-11(17-7)12(16)15-8-3-4-10(14)9(13)6-8/h3-4,6-7,11H,2,5H2,1H3,(H,15,16). The van der Waals surface area contributed by atoms with E-state index in [1.165, 1.54) is 18.2 Å². The van der Waals surface area contributed by atoms with Crippen LogP contribution in [0.2, 0.25) is 0 Å². The molecule has 92 valence electrons. The molecule has 1 fully saturated rings. The largest absolute Gasteiger partial charge is 0.365 e. The lowest BCUT2D eigenvalue weighted by atomic mass is 10.2. The number of nitrogens with one attached hydrogen (secondary N) is 1. The highest BCUT2D eigenvalue weighted by molar-refractivity contribution is 9.10. The Labute approximate surface area is 107 Å². The fraction of sp³-hybridized carbons (Fsp3) is 0.417. The average molecular weight is 302 g/mol. The molecule has 0 spiro atoms. The van der Waals surface area contributed by atoms with Gasteiger partial charge < -0.3 is 10.1 Å². The van der Waals surface area contributed by atoms with Gasteiger partial charge in [0.05, 0.1) is 10.6 Å². The van der Waals surface area contributed by atoms with Crippen LogP contribution in [0.3, 0.4) is 0 Å². The number of ether oxygens (including phenoxy) is 1. The van der Waals surface area contributed by atoms with Gasteiger partial charge in [0.2, 0.25) is 0 Å². The molecule has 5 heteroatoms. The van der Waals surface area contributed by atoms with E-state index in [1.54, 1.807) is 0 Å². The molecule has 17 heavy (non-hydrogen) atoms. The fourth-order valence-corrected chi connectivity index (χ4v) is 2.17. The molecule has 1 aromatic rings. The first-order valence-corrected chi connectivity index (χ1v) is 6.27. The number of benzene rings is 1. The van der Waals surface area contributed by atoms with Crippen LogP contribution in [0.25, 0.3) is 0 Å². The highest BCUT2D eigenvalue weighted by atomic mass is 79.9. The van der Waals surface area contributed by atoms with Crippen LogP contribution in [0, 0.1) is 5.82 Å². The van der Waals surface area contributed by atoms with Crippen LogP contribution < -0.4 is 5.32 Å². The summed E-state index contributed by atoms with van der Waals surface area (Å²) in [6.45, 7) is 1.95. The van der Waals surface area contributed by atoms with E-state index < -0.39 is 6.10 Å². The normalized spacial score (nSPS) is 23.7. The number of carbonyl (C=O) groups excluding carboxylic acids is 1. The highest BCUT2D eigenvalue weighted by Crippen LogP contribution is 2.23. The van der Waals surface area contributed by atoms with E-state index in [4.69, 9.17) is 4.74 Å². The Morgan fingerprint density at radius 1 is 1.53 bits per heavy atom. The van der Waals surface area contributed by atoms with Crippen molar-refractivity contribution in [3.8, 4) is 0 Å². The Kier molecular flexibility index (Phi) is 3.79. The smallest absolute Gasteiger partial charge is 0.253 e. The monoisotopic (exact) mass is 301 g/mol. The van der Waals surface area contributed by atoms with Crippen molar-refractivity contribution >= 4 is 27.5 Å². The Bertz CT molecular complexity index is 439. The third-order valence-electron chi connectivity index (χ3n) is 2.71. The molecule has 2 unspecified atom stereocenters. The number of hydrogen-bond donors (Lipinski definition) is 1. The molecule has 0 aromatic heterocycles. The average Bonchev–Trinajstić information content (AvgIpc) is 2.70. The summed E-state index contributed by atoms with van der Waals surface area (Å²) < 4.78 is 18.8. The van der Waals surface area contributed by atoms with Crippen LogP contribution in [0.5, 0.6) is 0 Å². The second-order valence-corrected chi connectivity index (χ2v) is 4.99. The van der Waals surface area contributed by atoms with E-state index >= 15 is 0 Å². The van der Waals surface area contributed by atoms with Crippen molar-refractivity contribution in [2.75, 3.05) is 5.32 Å². The Hall–Kier alpha value is -0.940. The minimum atomic E-state index is -0.395. The van der Waals surface area contributed by atoms with Gasteiger partial charge in [0.15, 0.2) is 0 Å². The predicted octanol–water partition coefficient (Wildman–Crippen LogP) is 3.09. The van der Waals surface area contributed by atoms with E-state index in [9.17, 15) is 9.18 Å². The summed E-state index contributed by atoms with van der Waals surface area (Å²) in [6, 6.07) is 4.36. The van der Waals surface area contributed by atoms with Crippen molar-refractivity contribution in [2.24, 2.45) is 0 Å². The van der Waals surface area contributed by atoms with Gasteiger partial charge in [-0.3, -0.25) is 4.79 Å². The molecule has 1 aromatic carbocycles. The zero-order chi connectivity index (χ0) is 12.4. The second kappa shape index (κ2) is 5.14. The number of halogens is 2. The fourth-order valence-electron chi connectivity index (χ4n) is 1.79. The zero-order valence-electron chi connectivity index (χ0n) is 9.37. The minimum absolute atomic E-state index is 0.130. The molecular weight excluding hydrogens is 289 g/mol. The van der Waals surface area contributed by atoms with Crippen molar-refractivity contribution < 1.29 is 13.9 Å². The van der Waals surface area contributed by atoms with Crippen molar-refractivity contribution in [3.05, 3.63) is 28.5 Å². The molecule has 1 saturated heterocycles. The molecule has 1 aliphatic rings. The molecule has 1 N–H and O–H groups in total. The number of anilines is 1. The highest BCUT2D eigenvalue weighted by Gasteiger charge is 2.28. The molecule has 1 heterocycles. The maximum absolute atomic E-state index is 13.0. The van der Waals surface area contributed by atoms with E-state index in [1.807, 2.05) is 6.92 Å². The molecule has 0 bridgehead atoms. The van der Waals surface area contributed by atoms with Crippen LogP contribution in [0.15, 0.2) is 22.7 Å². The molecule has 1 aliphatic heterocycles.